The van der Waals surface area contributed by atoms with E-state index < -0.39 is 46.4 Å². The van der Waals surface area contributed by atoms with Crippen LogP contribution in [0.3, 0.4) is 0 Å². The van der Waals surface area contributed by atoms with E-state index in [0.29, 0.717) is 35.9 Å². The number of nitrogens with zero attached hydrogens (tertiary/aromatic N) is 8. The second-order valence-corrected chi connectivity index (χ2v) is 16.5. The summed E-state index contributed by atoms with van der Waals surface area (Å²) in [6.45, 7) is 3.21. The molecule has 0 bridgehead atoms. The highest BCUT2D eigenvalue weighted by Crippen LogP contribution is 2.35. The molecule has 330 valence electrons. The van der Waals surface area contributed by atoms with Gasteiger partial charge < -0.3 is 21.6 Å². The SMILES string of the molecule is CNC(=O)N(CCC=O)c1nn(C)c2cc(C3CCN(Cc4cccc(S(=O)(=O)N5CCCCC5)c4)CC3)ccc12.N/C=C(\C=NCC(F)F)c1nc(N)ncc1C(F)(F)F. The minimum atomic E-state index is -4.74. The van der Waals surface area contributed by atoms with Gasteiger partial charge in [-0.05, 0) is 80.1 Å². The minimum Gasteiger partial charge on any atom is -0.404 e. The lowest BCUT2D eigenvalue weighted by Gasteiger charge is -2.32. The molecule has 2 amide bonds. The molecule has 61 heavy (non-hydrogen) atoms. The van der Waals surface area contributed by atoms with Crippen LogP contribution in [0.4, 0.5) is 38.5 Å². The number of nitrogens with one attached hydrogen (secondary N) is 1. The number of sulfonamides is 1. The number of likely N-dealkylation sites (tertiary alicyclic amines) is 1. The first kappa shape index (κ1) is 46.5. The number of aryl methyl sites for hydroxylation is 1. The normalized spacial score (nSPS) is 16.2. The van der Waals surface area contributed by atoms with Crippen LogP contribution in [0.15, 0.2) is 64.7 Å². The summed E-state index contributed by atoms with van der Waals surface area (Å²) >= 11 is 0. The van der Waals surface area contributed by atoms with Crippen molar-refractivity contribution in [1.29, 1.82) is 0 Å². The third-order valence-electron chi connectivity index (χ3n) is 10.4. The number of allylic oxidation sites excluding steroid dienone is 1. The van der Waals surface area contributed by atoms with E-state index >= 15 is 0 Å². The monoisotopic (exact) mass is 875 g/mol. The summed E-state index contributed by atoms with van der Waals surface area (Å²) in [5, 5.41) is 8.14. The summed E-state index contributed by atoms with van der Waals surface area (Å²) in [6, 6.07) is 13.5. The van der Waals surface area contributed by atoms with E-state index in [1.165, 1.54) is 10.5 Å². The van der Waals surface area contributed by atoms with Crippen molar-refractivity contribution >= 4 is 56.8 Å². The van der Waals surface area contributed by atoms with Crippen molar-refractivity contribution in [3.63, 3.8) is 0 Å². The molecule has 2 aromatic carbocycles. The van der Waals surface area contributed by atoms with E-state index in [9.17, 15) is 40.0 Å². The Labute approximate surface area is 350 Å². The van der Waals surface area contributed by atoms with Gasteiger partial charge in [-0.25, -0.2) is 32.0 Å². The van der Waals surface area contributed by atoms with Crippen LogP contribution >= 0.6 is 0 Å². The second-order valence-electron chi connectivity index (χ2n) is 14.5. The first-order valence-electron chi connectivity index (χ1n) is 19.7. The molecule has 4 heterocycles. The van der Waals surface area contributed by atoms with Gasteiger partial charge in [-0.15, -0.1) is 0 Å². The fourth-order valence-corrected chi connectivity index (χ4v) is 8.89. The Morgan fingerprint density at radius 2 is 1.80 bits per heavy atom. The van der Waals surface area contributed by atoms with Gasteiger partial charge in [0.15, 0.2) is 5.82 Å². The Bertz CT molecular complexity index is 2310. The molecule has 15 nitrogen and oxygen atoms in total. The number of piperidine rings is 2. The second kappa shape index (κ2) is 20.8. The molecule has 2 aromatic heterocycles. The number of aliphatic imine (C=N–C) groups is 1. The highest BCUT2D eigenvalue weighted by atomic mass is 32.2. The van der Waals surface area contributed by atoms with E-state index in [4.69, 9.17) is 11.5 Å². The van der Waals surface area contributed by atoms with Gasteiger partial charge in [0, 0.05) is 76.3 Å². The predicted octanol–water partition coefficient (Wildman–Crippen LogP) is 5.58. The van der Waals surface area contributed by atoms with Crippen LogP contribution in [0.2, 0.25) is 0 Å². The lowest BCUT2D eigenvalue weighted by atomic mass is 9.89. The number of hydrogen-bond acceptors (Lipinski definition) is 11. The summed E-state index contributed by atoms with van der Waals surface area (Å²) in [7, 11) is 0.00456. The quantitative estimate of drug-likeness (QED) is 0.0867. The lowest BCUT2D eigenvalue weighted by Crippen LogP contribution is -2.39. The number of aromatic nitrogens is 4. The molecule has 2 saturated heterocycles. The molecular formula is C40H50F5N11O4S. The number of halogens is 5. The maximum Gasteiger partial charge on any atom is 0.419 e. The van der Waals surface area contributed by atoms with E-state index in [-0.39, 0.29) is 24.6 Å². The molecule has 6 rings (SSSR count). The van der Waals surface area contributed by atoms with Crippen molar-refractivity contribution < 1.29 is 40.0 Å². The van der Waals surface area contributed by atoms with Crippen LogP contribution in [0.25, 0.3) is 16.5 Å². The molecule has 2 aliphatic rings. The molecule has 0 unspecified atom stereocenters. The average molecular weight is 876 g/mol. The number of amides is 2. The van der Waals surface area contributed by atoms with Gasteiger partial charge in [0.05, 0.1) is 22.7 Å². The highest BCUT2D eigenvalue weighted by molar-refractivity contribution is 7.89. The standard InChI is InChI=1S/C30H40N6O4S.C10H10F5N5/c1-31-30(38)36(16-7-19-37)29-27-11-10-25(21-28(27)33(2)32-29)24-12-17-34(18-13-24)22-23-8-6-9-26(20-23)41(39,40)35-14-4-3-5-15-35;11-7(12)4-18-2-5(1-16)8-6(10(13,14)15)3-19-9(17)20-8/h6,8-11,19-21,24H,3-5,7,12-18,22H2,1-2H3,(H,31,38);1-3,7H,4,16H2,(H2,17,19,20)/b;5-1+,18-2?. The summed E-state index contributed by atoms with van der Waals surface area (Å²) in [6.07, 6.45) is 0.584. The van der Waals surface area contributed by atoms with Crippen molar-refractivity contribution in [1.82, 2.24) is 34.3 Å². The first-order valence-corrected chi connectivity index (χ1v) is 21.1. The van der Waals surface area contributed by atoms with E-state index in [1.54, 1.807) is 22.1 Å². The van der Waals surface area contributed by atoms with E-state index in [1.807, 2.05) is 31.3 Å². The van der Waals surface area contributed by atoms with Gasteiger partial charge in [-0.1, -0.05) is 24.6 Å². The third kappa shape index (κ3) is 11.9. The fourth-order valence-electron chi connectivity index (χ4n) is 7.31. The topological polar surface area (TPSA) is 198 Å². The zero-order valence-corrected chi connectivity index (χ0v) is 34.7. The number of aldehydes is 1. The Morgan fingerprint density at radius 3 is 2.44 bits per heavy atom. The number of nitrogens with two attached hydrogens (primary N) is 2. The molecule has 0 radical (unpaired) electrons. The number of rotatable bonds is 13. The number of alkyl halides is 5. The van der Waals surface area contributed by atoms with Gasteiger partial charge >= 0.3 is 12.2 Å². The Morgan fingerprint density at radius 1 is 1.08 bits per heavy atom. The number of anilines is 2. The Balaban J connectivity index is 0.000000297. The number of benzene rings is 2. The van der Waals surface area contributed by atoms with Gasteiger partial charge in [-0.2, -0.15) is 22.6 Å². The zero-order valence-electron chi connectivity index (χ0n) is 33.9. The molecule has 0 saturated carbocycles. The summed E-state index contributed by atoms with van der Waals surface area (Å²) in [5.74, 6) is 0.550. The molecule has 5 N–H and O–H groups in total. The van der Waals surface area contributed by atoms with Crippen molar-refractivity contribution in [2.24, 2.45) is 17.8 Å². The summed E-state index contributed by atoms with van der Waals surface area (Å²) < 4.78 is 91.9. The van der Waals surface area contributed by atoms with E-state index in [2.05, 4.69) is 42.4 Å². The van der Waals surface area contributed by atoms with Crippen LogP contribution in [0.1, 0.15) is 66.8 Å². The predicted molar refractivity (Wildman–Crippen MR) is 222 cm³/mol. The number of nitrogen functional groups attached to an aromatic ring is 1. The molecule has 2 fully saturated rings. The van der Waals surface area contributed by atoms with Crippen LogP contribution in [0, 0.1) is 0 Å². The molecule has 0 aliphatic carbocycles. The molecule has 2 aliphatic heterocycles. The van der Waals surface area contributed by atoms with E-state index in [0.717, 1.165) is 86.9 Å². The smallest absolute Gasteiger partial charge is 0.404 e. The number of carbonyl (C=O) groups is 2. The molecule has 0 spiro atoms. The van der Waals surface area contributed by atoms with Crippen LogP contribution < -0.4 is 21.7 Å². The van der Waals surface area contributed by atoms with Crippen LogP contribution in [0.5, 0.6) is 0 Å². The van der Waals surface area contributed by atoms with Crippen molar-refractivity contribution in [2.75, 3.05) is 56.9 Å². The summed E-state index contributed by atoms with van der Waals surface area (Å²) in [5.41, 5.74) is 11.5. The zero-order chi connectivity index (χ0) is 44.3. The fraction of sp³-hybridized carbons (Fsp3) is 0.450. The van der Waals surface area contributed by atoms with Crippen LogP contribution in [-0.4, -0.2) is 109 Å². The van der Waals surface area contributed by atoms with Crippen molar-refractivity contribution in [3.8, 4) is 0 Å². The van der Waals surface area contributed by atoms with Gasteiger partial charge in [0.25, 0.3) is 6.43 Å². The number of urea groups is 1. The van der Waals surface area contributed by atoms with Crippen LogP contribution in [-0.2, 0) is 34.6 Å². The van der Waals surface area contributed by atoms with Gasteiger partial charge in [0.2, 0.25) is 16.0 Å². The number of hydrogen-bond donors (Lipinski definition) is 3. The largest absolute Gasteiger partial charge is 0.419 e. The molecule has 21 heteroatoms. The molecule has 0 atom stereocenters. The molecule has 4 aromatic rings. The maximum absolute atomic E-state index is 13.2. The third-order valence-corrected chi connectivity index (χ3v) is 12.3. The minimum absolute atomic E-state index is 0.237. The van der Waals surface area contributed by atoms with Crippen molar-refractivity contribution in [2.45, 2.75) is 68.5 Å². The number of carbonyl (C=O) groups excluding carboxylic acids is 2. The summed E-state index contributed by atoms with van der Waals surface area (Å²) in [4.78, 5) is 37.7. The Kier molecular flexibility index (Phi) is 15.9. The van der Waals surface area contributed by atoms with Gasteiger partial charge in [0.1, 0.15) is 11.8 Å². The maximum atomic E-state index is 13.2. The first-order chi connectivity index (χ1) is 29.1. The lowest BCUT2D eigenvalue weighted by molar-refractivity contribution is -0.138. The van der Waals surface area contributed by atoms with Gasteiger partial charge in [-0.3, -0.25) is 19.5 Å². The van der Waals surface area contributed by atoms with Crippen molar-refractivity contribution in [3.05, 3.63) is 77.2 Å². The Hall–Kier alpha value is -5.54. The molecular weight excluding hydrogens is 826 g/mol. The number of fused-ring (bicyclic) bond motifs is 1. The average Bonchev–Trinajstić information content (AvgIpc) is 3.57. The highest BCUT2D eigenvalue weighted by Gasteiger charge is 2.36.